The van der Waals surface area contributed by atoms with E-state index in [0.29, 0.717) is 15.4 Å². The summed E-state index contributed by atoms with van der Waals surface area (Å²) in [5.41, 5.74) is 0.453. The first-order chi connectivity index (χ1) is 8.15. The molecule has 0 bridgehead atoms. The quantitative estimate of drug-likeness (QED) is 0.914. The smallest absolute Gasteiger partial charge is 0.387 e. The normalized spacial score (nSPS) is 10.6. The summed E-state index contributed by atoms with van der Waals surface area (Å²) in [7, 11) is 0. The van der Waals surface area contributed by atoms with E-state index in [1.54, 1.807) is 23.6 Å². The molecule has 0 amide bonds. The number of thiazole rings is 1. The van der Waals surface area contributed by atoms with Crippen molar-refractivity contribution in [3.05, 3.63) is 34.2 Å². The lowest BCUT2D eigenvalue weighted by atomic mass is 10.3. The van der Waals surface area contributed by atoms with Gasteiger partial charge in [-0.25, -0.2) is 4.98 Å². The summed E-state index contributed by atoms with van der Waals surface area (Å²) in [4.78, 5) is 4.11. The van der Waals surface area contributed by atoms with Gasteiger partial charge in [0.2, 0.25) is 0 Å². The molecule has 3 nitrogen and oxygen atoms in total. The van der Waals surface area contributed by atoms with Crippen molar-refractivity contribution >= 4 is 38.1 Å². The lowest BCUT2D eigenvalue weighted by Gasteiger charge is -2.10. The average Bonchev–Trinajstić information content (AvgIpc) is 2.66. The molecule has 0 aliphatic rings. The highest BCUT2D eigenvalue weighted by atomic mass is 79.9. The van der Waals surface area contributed by atoms with Crippen LogP contribution in [0.25, 0.3) is 0 Å². The maximum absolute atomic E-state index is 12.2. The van der Waals surface area contributed by atoms with Gasteiger partial charge in [0, 0.05) is 5.38 Å². The zero-order chi connectivity index (χ0) is 12.3. The van der Waals surface area contributed by atoms with E-state index < -0.39 is 6.61 Å². The number of nitrogens with one attached hydrogen (secondary N) is 1. The Morgan fingerprint density at radius 2 is 2.12 bits per heavy atom. The van der Waals surface area contributed by atoms with Crippen molar-refractivity contribution in [3.63, 3.8) is 0 Å². The summed E-state index contributed by atoms with van der Waals surface area (Å²) in [6, 6.07) is 6.47. The van der Waals surface area contributed by atoms with Crippen molar-refractivity contribution in [1.29, 1.82) is 0 Å². The van der Waals surface area contributed by atoms with Gasteiger partial charge in [0.15, 0.2) is 5.13 Å². The molecule has 0 aliphatic carbocycles. The molecule has 0 spiro atoms. The highest BCUT2D eigenvalue weighted by Crippen LogP contribution is 2.30. The number of anilines is 2. The van der Waals surface area contributed by atoms with Crippen molar-refractivity contribution in [2.75, 3.05) is 5.32 Å². The number of benzene rings is 1. The summed E-state index contributed by atoms with van der Waals surface area (Å²) >= 11 is 4.57. The van der Waals surface area contributed by atoms with Gasteiger partial charge in [-0.2, -0.15) is 8.78 Å². The number of ether oxygens (including phenoxy) is 1. The van der Waals surface area contributed by atoms with Gasteiger partial charge < -0.3 is 10.1 Å². The Morgan fingerprint density at radius 1 is 1.35 bits per heavy atom. The lowest BCUT2D eigenvalue weighted by Crippen LogP contribution is -2.04. The molecule has 7 heteroatoms. The molecule has 1 aromatic heterocycles. The molecule has 17 heavy (non-hydrogen) atoms. The van der Waals surface area contributed by atoms with Gasteiger partial charge in [-0.3, -0.25) is 0 Å². The first-order valence-electron chi connectivity index (χ1n) is 4.57. The molecule has 0 unspecified atom stereocenters. The fourth-order valence-corrected chi connectivity index (χ4v) is 2.35. The predicted octanol–water partition coefficient (Wildman–Crippen LogP) is 4.25. The Morgan fingerprint density at radius 3 is 2.76 bits per heavy atom. The fraction of sp³-hybridized carbons (Fsp3) is 0.100. The van der Waals surface area contributed by atoms with Crippen molar-refractivity contribution in [3.8, 4) is 5.75 Å². The molecule has 0 fully saturated rings. The molecule has 1 heterocycles. The number of rotatable bonds is 4. The Bertz CT molecular complexity index is 507. The van der Waals surface area contributed by atoms with Gasteiger partial charge in [0.05, 0.1) is 5.69 Å². The topological polar surface area (TPSA) is 34.1 Å². The van der Waals surface area contributed by atoms with Crippen LogP contribution in [0, 0.1) is 0 Å². The van der Waals surface area contributed by atoms with Gasteiger partial charge in [-0.05, 0) is 28.1 Å². The van der Waals surface area contributed by atoms with Crippen LogP contribution in [0.4, 0.5) is 19.6 Å². The lowest BCUT2D eigenvalue weighted by molar-refractivity contribution is -0.0493. The number of aromatic nitrogens is 1. The molecule has 0 saturated carbocycles. The summed E-state index contributed by atoms with van der Waals surface area (Å²) in [5, 5.41) is 5.31. The summed E-state index contributed by atoms with van der Waals surface area (Å²) in [6.45, 7) is -2.85. The maximum atomic E-state index is 12.2. The number of nitrogens with zero attached hydrogens (tertiary/aromatic N) is 1. The highest BCUT2D eigenvalue weighted by molar-refractivity contribution is 9.10. The molecular formula is C10H7BrF2N2OS. The van der Waals surface area contributed by atoms with Gasteiger partial charge in [0.25, 0.3) is 0 Å². The van der Waals surface area contributed by atoms with E-state index in [1.165, 1.54) is 17.4 Å². The van der Waals surface area contributed by atoms with Gasteiger partial charge >= 0.3 is 6.61 Å². The van der Waals surface area contributed by atoms with E-state index >= 15 is 0 Å². The van der Waals surface area contributed by atoms with Gasteiger partial charge in [0.1, 0.15) is 10.4 Å². The van der Waals surface area contributed by atoms with Crippen LogP contribution in [0.2, 0.25) is 0 Å². The zero-order valence-electron chi connectivity index (χ0n) is 8.36. The van der Waals surface area contributed by atoms with Gasteiger partial charge in [-0.15, -0.1) is 11.3 Å². The molecule has 1 aromatic carbocycles. The van der Waals surface area contributed by atoms with Crippen molar-refractivity contribution in [2.45, 2.75) is 6.61 Å². The molecule has 0 saturated heterocycles. The SMILES string of the molecule is FC(F)Oc1ccccc1Nc1nc(Br)cs1. The van der Waals surface area contributed by atoms with Crippen LogP contribution in [0.5, 0.6) is 5.75 Å². The third kappa shape index (κ3) is 3.37. The van der Waals surface area contributed by atoms with Crippen molar-refractivity contribution in [2.24, 2.45) is 0 Å². The first-order valence-corrected chi connectivity index (χ1v) is 6.24. The minimum Gasteiger partial charge on any atom is -0.433 e. The van der Waals surface area contributed by atoms with Crippen LogP contribution in [0.15, 0.2) is 34.2 Å². The van der Waals surface area contributed by atoms with Gasteiger partial charge in [-0.1, -0.05) is 12.1 Å². The van der Waals surface area contributed by atoms with Crippen LogP contribution in [-0.4, -0.2) is 11.6 Å². The molecule has 0 atom stereocenters. The first kappa shape index (κ1) is 12.3. The maximum Gasteiger partial charge on any atom is 0.387 e. The van der Waals surface area contributed by atoms with E-state index in [2.05, 4.69) is 31.0 Å². The monoisotopic (exact) mass is 320 g/mol. The minimum atomic E-state index is -2.85. The van der Waals surface area contributed by atoms with E-state index in [0.717, 1.165) is 0 Å². The highest BCUT2D eigenvalue weighted by Gasteiger charge is 2.10. The Hall–Kier alpha value is -1.21. The van der Waals surface area contributed by atoms with Crippen molar-refractivity contribution in [1.82, 2.24) is 4.98 Å². The molecular weight excluding hydrogens is 314 g/mol. The second-order valence-corrected chi connectivity index (χ2v) is 4.65. The molecule has 2 aromatic rings. The Kier molecular flexibility index (Phi) is 3.90. The predicted molar refractivity (Wildman–Crippen MR) is 66.2 cm³/mol. The second-order valence-electron chi connectivity index (χ2n) is 2.98. The third-order valence-electron chi connectivity index (χ3n) is 1.82. The second kappa shape index (κ2) is 5.42. The number of para-hydroxylation sites is 2. The van der Waals surface area contributed by atoms with E-state index in [1.807, 2.05) is 0 Å². The van der Waals surface area contributed by atoms with E-state index in [4.69, 9.17) is 0 Å². The molecule has 1 N–H and O–H groups in total. The zero-order valence-corrected chi connectivity index (χ0v) is 10.8. The number of alkyl halides is 2. The van der Waals surface area contributed by atoms with E-state index in [9.17, 15) is 8.78 Å². The fourth-order valence-electron chi connectivity index (χ4n) is 1.20. The number of hydrogen-bond acceptors (Lipinski definition) is 4. The summed E-state index contributed by atoms with van der Waals surface area (Å²) < 4.78 is 29.4. The molecule has 90 valence electrons. The molecule has 0 aliphatic heterocycles. The van der Waals surface area contributed by atoms with Crippen LogP contribution >= 0.6 is 27.3 Å². The van der Waals surface area contributed by atoms with Crippen LogP contribution in [0.1, 0.15) is 0 Å². The van der Waals surface area contributed by atoms with Crippen LogP contribution in [-0.2, 0) is 0 Å². The third-order valence-corrected chi connectivity index (χ3v) is 3.29. The number of hydrogen-bond donors (Lipinski definition) is 1. The van der Waals surface area contributed by atoms with Crippen LogP contribution < -0.4 is 10.1 Å². The van der Waals surface area contributed by atoms with Crippen LogP contribution in [0.3, 0.4) is 0 Å². The summed E-state index contributed by atoms with van der Waals surface area (Å²) in [6.07, 6.45) is 0. The molecule has 0 radical (unpaired) electrons. The average molecular weight is 321 g/mol. The molecule has 2 rings (SSSR count). The number of halogens is 3. The Balaban J connectivity index is 2.20. The Labute approximate surface area is 109 Å². The summed E-state index contributed by atoms with van der Waals surface area (Å²) in [5.74, 6) is 0.0915. The minimum absolute atomic E-state index is 0.0915. The van der Waals surface area contributed by atoms with E-state index in [-0.39, 0.29) is 5.75 Å². The standard InChI is InChI=1S/C10H7BrF2N2OS/c11-8-5-17-10(15-8)14-6-3-1-2-4-7(6)16-9(12)13/h1-5,9H,(H,14,15). The van der Waals surface area contributed by atoms with Crippen molar-refractivity contribution < 1.29 is 13.5 Å². The largest absolute Gasteiger partial charge is 0.433 e.